The highest BCUT2D eigenvalue weighted by atomic mass is 19.1. The Bertz CT molecular complexity index is 734. The SMILES string of the molecule is C=C/C=C(\CC)N(CC(O)N(CC(=O)NCc1cccc(C)c1F)C(C)C)N=C. The first-order valence-corrected chi connectivity index (χ1v) is 9.75. The van der Waals surface area contributed by atoms with E-state index in [1.807, 2.05) is 26.8 Å². The standard InChI is InChI=1S/C22H33FN4O2/c1-7-10-19(8-2)27(24-6)15-21(29)26(16(3)4)14-20(28)25-13-18-12-9-11-17(5)22(18)23/h7,9-12,16,21,29H,1,6,8,13-15H2,2-5H3,(H,25,28)/b19-10+. The number of allylic oxidation sites excluding steroid dienone is 3. The fraction of sp³-hybridized carbons (Fsp3) is 0.455. The molecule has 0 saturated carbocycles. The second-order valence-electron chi connectivity index (χ2n) is 7.04. The number of carbonyl (C=O) groups is 1. The van der Waals surface area contributed by atoms with Gasteiger partial charge in [0.05, 0.1) is 13.1 Å². The number of aryl methyl sites for hydroxylation is 1. The Labute approximate surface area is 173 Å². The molecule has 0 heterocycles. The lowest BCUT2D eigenvalue weighted by Gasteiger charge is -2.34. The summed E-state index contributed by atoms with van der Waals surface area (Å²) in [5, 5.41) is 19.0. The number of nitrogens with zero attached hydrogens (tertiary/aromatic N) is 3. The number of halogens is 1. The van der Waals surface area contributed by atoms with Crippen molar-refractivity contribution in [3.8, 4) is 0 Å². The third-order valence-corrected chi connectivity index (χ3v) is 4.63. The molecule has 160 valence electrons. The van der Waals surface area contributed by atoms with Gasteiger partial charge in [-0.05, 0) is 38.8 Å². The molecule has 0 spiro atoms. The van der Waals surface area contributed by atoms with Crippen LogP contribution < -0.4 is 5.32 Å². The number of benzene rings is 1. The molecule has 1 amide bonds. The lowest BCUT2D eigenvalue weighted by Crippen LogP contribution is -2.50. The van der Waals surface area contributed by atoms with Crippen LogP contribution >= 0.6 is 0 Å². The van der Waals surface area contributed by atoms with Crippen molar-refractivity contribution < 1.29 is 14.3 Å². The van der Waals surface area contributed by atoms with Gasteiger partial charge in [0, 0.05) is 30.6 Å². The van der Waals surface area contributed by atoms with E-state index in [0.717, 1.165) is 5.70 Å². The van der Waals surface area contributed by atoms with E-state index in [1.54, 1.807) is 41.1 Å². The Morgan fingerprint density at radius 3 is 2.66 bits per heavy atom. The van der Waals surface area contributed by atoms with Crippen LogP contribution in [0.25, 0.3) is 0 Å². The Kier molecular flexibility index (Phi) is 10.3. The number of amides is 1. The number of carbonyl (C=O) groups excluding carboxylic acids is 1. The van der Waals surface area contributed by atoms with E-state index < -0.39 is 6.23 Å². The minimum Gasteiger partial charge on any atom is -0.376 e. The number of aliphatic hydroxyl groups is 1. The van der Waals surface area contributed by atoms with Crippen molar-refractivity contribution in [1.82, 2.24) is 15.2 Å². The summed E-state index contributed by atoms with van der Waals surface area (Å²) in [6, 6.07) is 4.99. The maximum atomic E-state index is 14.1. The van der Waals surface area contributed by atoms with E-state index >= 15 is 0 Å². The van der Waals surface area contributed by atoms with Crippen LogP contribution in [0, 0.1) is 12.7 Å². The van der Waals surface area contributed by atoms with Gasteiger partial charge in [0.15, 0.2) is 0 Å². The topological polar surface area (TPSA) is 68.2 Å². The second-order valence-corrected chi connectivity index (χ2v) is 7.04. The second kappa shape index (κ2) is 12.1. The number of rotatable bonds is 12. The molecule has 6 nitrogen and oxygen atoms in total. The molecule has 0 aliphatic carbocycles. The lowest BCUT2D eigenvalue weighted by atomic mass is 10.1. The van der Waals surface area contributed by atoms with Crippen LogP contribution in [0.3, 0.4) is 0 Å². The number of aliphatic hydroxyl groups excluding tert-OH is 1. The van der Waals surface area contributed by atoms with Crippen molar-refractivity contribution in [3.05, 3.63) is 59.6 Å². The molecular weight excluding hydrogens is 371 g/mol. The zero-order valence-corrected chi connectivity index (χ0v) is 17.9. The van der Waals surface area contributed by atoms with E-state index in [4.69, 9.17) is 0 Å². The maximum absolute atomic E-state index is 14.1. The third kappa shape index (κ3) is 7.44. The van der Waals surface area contributed by atoms with Crippen molar-refractivity contribution in [2.75, 3.05) is 13.1 Å². The van der Waals surface area contributed by atoms with Gasteiger partial charge in [-0.15, -0.1) is 0 Å². The van der Waals surface area contributed by atoms with Crippen LogP contribution in [0.1, 0.15) is 38.3 Å². The predicted octanol–water partition coefficient (Wildman–Crippen LogP) is 3.18. The van der Waals surface area contributed by atoms with E-state index in [-0.39, 0.29) is 37.4 Å². The number of hydrogen-bond donors (Lipinski definition) is 2. The zero-order valence-electron chi connectivity index (χ0n) is 17.9. The fourth-order valence-electron chi connectivity index (χ4n) is 2.94. The first-order chi connectivity index (χ1) is 13.7. The zero-order chi connectivity index (χ0) is 22.0. The number of nitrogens with one attached hydrogen (secondary N) is 1. The summed E-state index contributed by atoms with van der Waals surface area (Å²) in [7, 11) is 0. The van der Waals surface area contributed by atoms with E-state index in [9.17, 15) is 14.3 Å². The molecule has 0 bridgehead atoms. The fourth-order valence-corrected chi connectivity index (χ4v) is 2.94. The van der Waals surface area contributed by atoms with Crippen LogP contribution in [0.15, 0.2) is 47.7 Å². The average Bonchev–Trinajstić information content (AvgIpc) is 2.69. The molecule has 7 heteroatoms. The summed E-state index contributed by atoms with van der Waals surface area (Å²) in [4.78, 5) is 14.1. The van der Waals surface area contributed by atoms with Gasteiger partial charge >= 0.3 is 0 Å². The van der Waals surface area contributed by atoms with Gasteiger partial charge in [0.25, 0.3) is 0 Å². The van der Waals surface area contributed by atoms with E-state index in [0.29, 0.717) is 17.5 Å². The first-order valence-electron chi connectivity index (χ1n) is 9.75. The van der Waals surface area contributed by atoms with Gasteiger partial charge in [-0.2, -0.15) is 5.10 Å². The van der Waals surface area contributed by atoms with E-state index in [1.165, 1.54) is 0 Å². The van der Waals surface area contributed by atoms with Gasteiger partial charge < -0.3 is 10.4 Å². The van der Waals surface area contributed by atoms with Crippen molar-refractivity contribution >= 4 is 12.6 Å². The Balaban J connectivity index is 2.77. The maximum Gasteiger partial charge on any atom is 0.234 e. The summed E-state index contributed by atoms with van der Waals surface area (Å²) < 4.78 is 14.1. The molecule has 0 aliphatic heterocycles. The van der Waals surface area contributed by atoms with Gasteiger partial charge in [0.2, 0.25) is 5.91 Å². The van der Waals surface area contributed by atoms with Crippen LogP contribution in [0.2, 0.25) is 0 Å². The van der Waals surface area contributed by atoms with Crippen LogP contribution in [0.5, 0.6) is 0 Å². The molecule has 0 aromatic heterocycles. The molecular formula is C22H33FN4O2. The quantitative estimate of drug-likeness (QED) is 0.243. The van der Waals surface area contributed by atoms with E-state index in [2.05, 4.69) is 23.7 Å². The average molecular weight is 405 g/mol. The highest BCUT2D eigenvalue weighted by Gasteiger charge is 2.24. The smallest absolute Gasteiger partial charge is 0.234 e. The van der Waals surface area contributed by atoms with Gasteiger partial charge in [-0.1, -0.05) is 37.8 Å². The molecule has 1 atom stereocenters. The molecule has 0 radical (unpaired) electrons. The van der Waals surface area contributed by atoms with Crippen molar-refractivity contribution in [1.29, 1.82) is 0 Å². The third-order valence-electron chi connectivity index (χ3n) is 4.63. The van der Waals surface area contributed by atoms with Crippen molar-refractivity contribution in [2.24, 2.45) is 5.10 Å². The van der Waals surface area contributed by atoms with Gasteiger partial charge in [-0.3, -0.25) is 14.7 Å². The highest BCUT2D eigenvalue weighted by Crippen LogP contribution is 2.14. The summed E-state index contributed by atoms with van der Waals surface area (Å²) in [5.74, 6) is -0.614. The first kappa shape index (κ1) is 24.5. The Morgan fingerprint density at radius 1 is 1.41 bits per heavy atom. The van der Waals surface area contributed by atoms with Gasteiger partial charge in [-0.25, -0.2) is 4.39 Å². The Morgan fingerprint density at radius 2 is 2.10 bits per heavy atom. The minimum absolute atomic E-state index is 0.0239. The normalized spacial score (nSPS) is 12.8. The highest BCUT2D eigenvalue weighted by molar-refractivity contribution is 5.78. The van der Waals surface area contributed by atoms with Crippen LogP contribution in [-0.2, 0) is 11.3 Å². The molecule has 0 fully saturated rings. The summed E-state index contributed by atoms with van der Waals surface area (Å²) in [6.45, 7) is 14.9. The molecule has 1 aromatic carbocycles. The predicted molar refractivity (Wildman–Crippen MR) is 116 cm³/mol. The van der Waals surface area contributed by atoms with Crippen LogP contribution in [-0.4, -0.2) is 53.0 Å². The molecule has 1 unspecified atom stereocenters. The Hall–Kier alpha value is -2.51. The molecule has 1 rings (SSSR count). The summed E-state index contributed by atoms with van der Waals surface area (Å²) in [6.07, 6.45) is 3.22. The summed E-state index contributed by atoms with van der Waals surface area (Å²) >= 11 is 0. The molecule has 0 saturated heterocycles. The van der Waals surface area contributed by atoms with Crippen LogP contribution in [0.4, 0.5) is 4.39 Å². The molecule has 1 aromatic rings. The molecule has 0 aliphatic rings. The van der Waals surface area contributed by atoms with Crippen molar-refractivity contribution in [2.45, 2.75) is 52.9 Å². The van der Waals surface area contributed by atoms with Crippen molar-refractivity contribution in [3.63, 3.8) is 0 Å². The monoisotopic (exact) mass is 404 g/mol. The largest absolute Gasteiger partial charge is 0.376 e. The number of hydrogen-bond acceptors (Lipinski definition) is 5. The minimum atomic E-state index is -0.943. The summed E-state index contributed by atoms with van der Waals surface area (Å²) in [5.41, 5.74) is 1.82. The molecule has 29 heavy (non-hydrogen) atoms. The molecule has 2 N–H and O–H groups in total. The van der Waals surface area contributed by atoms with Gasteiger partial charge in [0.1, 0.15) is 12.0 Å². The lowest BCUT2D eigenvalue weighted by molar-refractivity contribution is -0.127. The number of hydrazone groups is 1.